The summed E-state index contributed by atoms with van der Waals surface area (Å²) >= 11 is 1.59. The Kier molecular flexibility index (Phi) is 4.60. The van der Waals surface area contributed by atoms with E-state index < -0.39 is 0 Å². The van der Waals surface area contributed by atoms with Gasteiger partial charge in [0.1, 0.15) is 0 Å². The van der Waals surface area contributed by atoms with Crippen LogP contribution < -0.4 is 0 Å². The maximum Gasteiger partial charge on any atom is 0.0991 e. The highest BCUT2D eigenvalue weighted by atomic mass is 32.2. The van der Waals surface area contributed by atoms with Gasteiger partial charge >= 0.3 is 0 Å². The van der Waals surface area contributed by atoms with Crippen molar-refractivity contribution in [2.75, 3.05) is 5.75 Å². The summed E-state index contributed by atoms with van der Waals surface area (Å²) in [6.07, 6.45) is 0. The summed E-state index contributed by atoms with van der Waals surface area (Å²) in [7, 11) is 0. The van der Waals surface area contributed by atoms with Crippen molar-refractivity contribution in [1.82, 2.24) is 0 Å². The van der Waals surface area contributed by atoms with Gasteiger partial charge in [-0.05, 0) is 24.3 Å². The summed E-state index contributed by atoms with van der Waals surface area (Å²) in [6.45, 7) is 0. The maximum atomic E-state index is 9.11. The summed E-state index contributed by atoms with van der Waals surface area (Å²) in [4.78, 5) is 1.11. The molecule has 1 N–H and O–H groups in total. The summed E-state index contributed by atoms with van der Waals surface area (Å²) in [5, 5.41) is 21.3. The second-order valence-corrected chi connectivity index (χ2v) is 4.89. The van der Waals surface area contributed by atoms with Gasteiger partial charge in [0, 0.05) is 16.2 Å². The second kappa shape index (κ2) is 6.62. The molecule has 2 rings (SSSR count). The molecule has 0 aliphatic rings. The van der Waals surface area contributed by atoms with Crippen LogP contribution in [0, 0.1) is 11.3 Å². The van der Waals surface area contributed by atoms with Crippen molar-refractivity contribution in [2.45, 2.75) is 4.90 Å². The van der Waals surface area contributed by atoms with Gasteiger partial charge in [-0.2, -0.15) is 5.26 Å². The second-order valence-electron chi connectivity index (χ2n) is 3.84. The van der Waals surface area contributed by atoms with Gasteiger partial charge in [-0.1, -0.05) is 35.5 Å². The van der Waals surface area contributed by atoms with E-state index in [-0.39, 0.29) is 0 Å². The van der Waals surface area contributed by atoms with Crippen LogP contribution in [0.25, 0.3) is 0 Å². The Labute approximate surface area is 116 Å². The number of oxime groups is 1. The van der Waals surface area contributed by atoms with Gasteiger partial charge in [-0.3, -0.25) is 0 Å². The Bertz CT molecular complexity index is 618. The fraction of sp³-hybridized carbons (Fsp3) is 0.0667. The van der Waals surface area contributed by atoms with Gasteiger partial charge in [0.25, 0.3) is 0 Å². The Morgan fingerprint density at radius 1 is 1.16 bits per heavy atom. The molecular formula is C15H12N2OS. The highest BCUT2D eigenvalue weighted by molar-refractivity contribution is 8.00. The average Bonchev–Trinajstić information content (AvgIpc) is 2.49. The van der Waals surface area contributed by atoms with Crippen molar-refractivity contribution < 1.29 is 5.21 Å². The molecule has 0 heterocycles. The van der Waals surface area contributed by atoms with Crippen LogP contribution in [0.2, 0.25) is 0 Å². The third-order valence-electron chi connectivity index (χ3n) is 2.56. The minimum Gasteiger partial charge on any atom is -0.411 e. The van der Waals surface area contributed by atoms with E-state index in [9.17, 15) is 0 Å². The molecule has 0 radical (unpaired) electrons. The molecule has 94 valence electrons. The van der Waals surface area contributed by atoms with Crippen LogP contribution in [-0.2, 0) is 0 Å². The lowest BCUT2D eigenvalue weighted by Gasteiger charge is -2.05. The van der Waals surface area contributed by atoms with Crippen LogP contribution >= 0.6 is 11.8 Å². The maximum absolute atomic E-state index is 9.11. The van der Waals surface area contributed by atoms with Crippen LogP contribution in [-0.4, -0.2) is 16.7 Å². The SMILES string of the molecule is N#Cc1cccc(/C(CSc2ccccc2)=N\O)c1. The van der Waals surface area contributed by atoms with E-state index in [0.29, 0.717) is 17.0 Å². The molecule has 0 atom stereocenters. The Morgan fingerprint density at radius 2 is 1.95 bits per heavy atom. The van der Waals surface area contributed by atoms with Crippen molar-refractivity contribution >= 4 is 17.5 Å². The predicted molar refractivity (Wildman–Crippen MR) is 76.6 cm³/mol. The van der Waals surface area contributed by atoms with E-state index in [1.807, 2.05) is 36.4 Å². The van der Waals surface area contributed by atoms with Gasteiger partial charge in [0.05, 0.1) is 17.3 Å². The summed E-state index contributed by atoms with van der Waals surface area (Å²) in [6, 6.07) is 19.0. The minimum absolute atomic E-state index is 0.551. The molecule has 0 spiro atoms. The molecule has 2 aromatic rings. The van der Waals surface area contributed by atoms with Crippen LogP contribution in [0.15, 0.2) is 64.6 Å². The first kappa shape index (κ1) is 13.2. The number of nitriles is 1. The quantitative estimate of drug-likeness (QED) is 0.399. The Balaban J connectivity index is 2.11. The summed E-state index contributed by atoms with van der Waals surface area (Å²) in [5.41, 5.74) is 1.89. The fourth-order valence-electron chi connectivity index (χ4n) is 1.61. The molecule has 0 saturated heterocycles. The molecular weight excluding hydrogens is 256 g/mol. The zero-order valence-electron chi connectivity index (χ0n) is 10.2. The molecule has 4 heteroatoms. The van der Waals surface area contributed by atoms with Crippen LogP contribution in [0.3, 0.4) is 0 Å². The molecule has 0 bridgehead atoms. The van der Waals surface area contributed by atoms with E-state index in [2.05, 4.69) is 11.2 Å². The smallest absolute Gasteiger partial charge is 0.0991 e. The van der Waals surface area contributed by atoms with E-state index in [1.54, 1.807) is 30.0 Å². The van der Waals surface area contributed by atoms with Gasteiger partial charge in [-0.15, -0.1) is 11.8 Å². The minimum atomic E-state index is 0.551. The number of benzene rings is 2. The molecule has 19 heavy (non-hydrogen) atoms. The zero-order valence-corrected chi connectivity index (χ0v) is 11.0. The summed E-state index contributed by atoms with van der Waals surface area (Å²) < 4.78 is 0. The highest BCUT2D eigenvalue weighted by Gasteiger charge is 2.06. The topological polar surface area (TPSA) is 56.4 Å². The largest absolute Gasteiger partial charge is 0.411 e. The van der Waals surface area contributed by atoms with Crippen molar-refractivity contribution in [2.24, 2.45) is 5.16 Å². The van der Waals surface area contributed by atoms with E-state index in [0.717, 1.165) is 10.5 Å². The third-order valence-corrected chi connectivity index (χ3v) is 3.59. The van der Waals surface area contributed by atoms with Crippen LogP contribution in [0.4, 0.5) is 0 Å². The molecule has 0 fully saturated rings. The number of hydrogen-bond acceptors (Lipinski definition) is 4. The standard InChI is InChI=1S/C15H12N2OS/c16-10-12-5-4-6-13(9-12)15(17-18)11-19-14-7-2-1-3-8-14/h1-9,18H,11H2/b17-15-. The lowest BCUT2D eigenvalue weighted by atomic mass is 10.1. The number of thioether (sulfide) groups is 1. The first-order valence-electron chi connectivity index (χ1n) is 5.73. The molecule has 0 unspecified atom stereocenters. The molecule has 0 aromatic heterocycles. The number of hydrogen-bond donors (Lipinski definition) is 1. The molecule has 0 amide bonds. The van der Waals surface area contributed by atoms with Crippen molar-refractivity contribution in [3.63, 3.8) is 0 Å². The van der Waals surface area contributed by atoms with Gasteiger partial charge in [0.2, 0.25) is 0 Å². The molecule has 0 saturated carbocycles. The molecule has 0 aliphatic heterocycles. The first-order valence-corrected chi connectivity index (χ1v) is 6.71. The van der Waals surface area contributed by atoms with Crippen LogP contribution in [0.1, 0.15) is 11.1 Å². The highest BCUT2D eigenvalue weighted by Crippen LogP contribution is 2.19. The van der Waals surface area contributed by atoms with Crippen LogP contribution in [0.5, 0.6) is 0 Å². The Morgan fingerprint density at radius 3 is 2.63 bits per heavy atom. The fourth-order valence-corrected chi connectivity index (χ4v) is 2.48. The lowest BCUT2D eigenvalue weighted by molar-refractivity contribution is 0.319. The van der Waals surface area contributed by atoms with E-state index in [4.69, 9.17) is 10.5 Å². The third kappa shape index (κ3) is 3.60. The van der Waals surface area contributed by atoms with E-state index in [1.165, 1.54) is 0 Å². The van der Waals surface area contributed by atoms with Crippen molar-refractivity contribution in [3.05, 3.63) is 65.7 Å². The van der Waals surface area contributed by atoms with E-state index >= 15 is 0 Å². The molecule has 3 nitrogen and oxygen atoms in total. The predicted octanol–water partition coefficient (Wildman–Crippen LogP) is 3.53. The van der Waals surface area contributed by atoms with Gasteiger partial charge in [-0.25, -0.2) is 0 Å². The summed E-state index contributed by atoms with van der Waals surface area (Å²) in [5.74, 6) is 0.551. The average molecular weight is 268 g/mol. The number of nitrogens with zero attached hydrogens (tertiary/aromatic N) is 2. The monoisotopic (exact) mass is 268 g/mol. The lowest BCUT2D eigenvalue weighted by Crippen LogP contribution is -2.04. The Hall–Kier alpha value is -2.25. The van der Waals surface area contributed by atoms with Crippen molar-refractivity contribution in [1.29, 1.82) is 5.26 Å². The number of rotatable bonds is 4. The van der Waals surface area contributed by atoms with Gasteiger partial charge in [0.15, 0.2) is 0 Å². The molecule has 2 aromatic carbocycles. The normalized spacial score (nSPS) is 11.0. The molecule has 0 aliphatic carbocycles. The van der Waals surface area contributed by atoms with Crippen molar-refractivity contribution in [3.8, 4) is 6.07 Å². The zero-order chi connectivity index (χ0) is 13.5. The van der Waals surface area contributed by atoms with Gasteiger partial charge < -0.3 is 5.21 Å². The first-order chi connectivity index (χ1) is 9.33.